The highest BCUT2D eigenvalue weighted by atomic mass is 19.1. The Hall–Kier alpha value is -2.83. The van der Waals surface area contributed by atoms with Crippen molar-refractivity contribution in [2.75, 3.05) is 13.2 Å². The number of hydrogen-bond acceptors (Lipinski definition) is 3. The highest BCUT2D eigenvalue weighted by molar-refractivity contribution is 5.85. The maximum atomic E-state index is 14.2. The zero-order valence-electron chi connectivity index (χ0n) is 15.0. The minimum Gasteiger partial charge on any atom is -0.489 e. The van der Waals surface area contributed by atoms with E-state index in [1.165, 1.54) is 13.0 Å². The van der Waals surface area contributed by atoms with Crippen LogP contribution >= 0.6 is 0 Å². The first-order valence-corrected chi connectivity index (χ1v) is 8.76. The fraction of sp³-hybridized carbons (Fsp3) is 0.368. The molecule has 0 radical (unpaired) electrons. The summed E-state index contributed by atoms with van der Waals surface area (Å²) in [6.45, 7) is 4.96. The minimum atomic E-state index is -0.400. The van der Waals surface area contributed by atoms with E-state index < -0.39 is 5.82 Å². The molecule has 0 aliphatic heterocycles. The molecule has 2 aromatic heterocycles. The van der Waals surface area contributed by atoms with Gasteiger partial charge in [-0.15, -0.1) is 0 Å². The second-order valence-electron chi connectivity index (χ2n) is 6.15. The van der Waals surface area contributed by atoms with Crippen molar-refractivity contribution in [3.05, 3.63) is 47.7 Å². The molecule has 0 saturated carbocycles. The van der Waals surface area contributed by atoms with Crippen LogP contribution in [0.25, 0.3) is 10.9 Å². The molecular formula is C19H23FN4O2. The standard InChI is InChI=1S/C19H23FN4O2/c1-3-15-5-7-24(23-15)8-9-26-19-10-16-14(4-6-21-13(2)25)12-22-18(16)11-17(19)20/h5,7,10-12,22H,3-4,6,8-9H2,1-2H3,(H,21,25). The van der Waals surface area contributed by atoms with Gasteiger partial charge in [-0.3, -0.25) is 9.48 Å². The molecule has 2 heterocycles. The Balaban J connectivity index is 1.67. The van der Waals surface area contributed by atoms with E-state index in [9.17, 15) is 9.18 Å². The van der Waals surface area contributed by atoms with Crippen LogP contribution in [-0.2, 0) is 24.2 Å². The number of nitrogens with one attached hydrogen (secondary N) is 2. The molecule has 7 heteroatoms. The van der Waals surface area contributed by atoms with Crippen LogP contribution in [0, 0.1) is 5.82 Å². The van der Waals surface area contributed by atoms with E-state index in [-0.39, 0.29) is 11.7 Å². The van der Waals surface area contributed by atoms with Gasteiger partial charge >= 0.3 is 0 Å². The van der Waals surface area contributed by atoms with Gasteiger partial charge in [0.2, 0.25) is 5.91 Å². The highest BCUT2D eigenvalue weighted by Gasteiger charge is 2.11. The lowest BCUT2D eigenvalue weighted by atomic mass is 10.1. The van der Waals surface area contributed by atoms with Gasteiger partial charge in [-0.05, 0) is 30.5 Å². The Morgan fingerprint density at radius 1 is 1.42 bits per heavy atom. The zero-order chi connectivity index (χ0) is 18.5. The van der Waals surface area contributed by atoms with Gasteiger partial charge in [-0.2, -0.15) is 5.10 Å². The number of ether oxygens (including phenoxy) is 1. The summed E-state index contributed by atoms with van der Waals surface area (Å²) in [6.07, 6.45) is 5.28. The van der Waals surface area contributed by atoms with Crippen LogP contribution in [0.1, 0.15) is 25.1 Å². The molecule has 26 heavy (non-hydrogen) atoms. The number of halogens is 1. The number of nitrogens with zero attached hydrogens (tertiary/aromatic N) is 2. The first-order valence-electron chi connectivity index (χ1n) is 8.76. The predicted molar refractivity (Wildman–Crippen MR) is 97.7 cm³/mol. The molecule has 3 aromatic rings. The maximum absolute atomic E-state index is 14.2. The molecule has 0 spiro atoms. The number of benzene rings is 1. The Morgan fingerprint density at radius 2 is 2.27 bits per heavy atom. The predicted octanol–water partition coefficient (Wildman–Crippen LogP) is 2.82. The number of hydrogen-bond donors (Lipinski definition) is 2. The maximum Gasteiger partial charge on any atom is 0.216 e. The third kappa shape index (κ3) is 4.22. The summed E-state index contributed by atoms with van der Waals surface area (Å²) in [5, 5.41) is 8.06. The van der Waals surface area contributed by atoms with E-state index >= 15 is 0 Å². The Kier molecular flexibility index (Phi) is 5.55. The van der Waals surface area contributed by atoms with Gasteiger partial charge in [0.1, 0.15) is 6.61 Å². The van der Waals surface area contributed by atoms with Crippen molar-refractivity contribution in [3.63, 3.8) is 0 Å². The van der Waals surface area contributed by atoms with Gasteiger partial charge in [0.25, 0.3) is 0 Å². The molecule has 0 atom stereocenters. The molecule has 0 aliphatic rings. The van der Waals surface area contributed by atoms with Crippen LogP contribution in [-0.4, -0.2) is 33.8 Å². The lowest BCUT2D eigenvalue weighted by Crippen LogP contribution is -2.22. The molecular weight excluding hydrogens is 335 g/mol. The molecule has 138 valence electrons. The van der Waals surface area contributed by atoms with Gasteiger partial charge in [-0.1, -0.05) is 6.92 Å². The number of rotatable bonds is 8. The number of carbonyl (C=O) groups is 1. The molecule has 0 bridgehead atoms. The number of fused-ring (bicyclic) bond motifs is 1. The number of aryl methyl sites for hydroxylation is 1. The van der Waals surface area contributed by atoms with Gasteiger partial charge < -0.3 is 15.0 Å². The average molecular weight is 358 g/mol. The second-order valence-corrected chi connectivity index (χ2v) is 6.15. The SMILES string of the molecule is CCc1ccn(CCOc2cc3c(CCNC(C)=O)c[nH]c3cc2F)n1. The molecule has 1 amide bonds. The molecule has 3 rings (SSSR count). The molecule has 1 aromatic carbocycles. The van der Waals surface area contributed by atoms with E-state index in [0.29, 0.717) is 31.6 Å². The van der Waals surface area contributed by atoms with Crippen LogP contribution in [0.3, 0.4) is 0 Å². The first kappa shape index (κ1) is 18.0. The first-order chi connectivity index (χ1) is 12.6. The number of aromatic amines is 1. The van der Waals surface area contributed by atoms with Crippen molar-refractivity contribution in [1.29, 1.82) is 0 Å². The van der Waals surface area contributed by atoms with Crippen molar-refractivity contribution < 1.29 is 13.9 Å². The van der Waals surface area contributed by atoms with E-state index in [0.717, 1.165) is 23.1 Å². The van der Waals surface area contributed by atoms with Gasteiger partial charge in [0, 0.05) is 42.8 Å². The minimum absolute atomic E-state index is 0.0650. The molecule has 6 nitrogen and oxygen atoms in total. The topological polar surface area (TPSA) is 71.9 Å². The van der Waals surface area contributed by atoms with Gasteiger partial charge in [-0.25, -0.2) is 4.39 Å². The van der Waals surface area contributed by atoms with Crippen molar-refractivity contribution in [2.24, 2.45) is 0 Å². The third-order valence-corrected chi connectivity index (χ3v) is 4.22. The second kappa shape index (κ2) is 8.03. The fourth-order valence-electron chi connectivity index (χ4n) is 2.84. The Bertz CT molecular complexity index is 900. The van der Waals surface area contributed by atoms with E-state index in [1.54, 1.807) is 10.7 Å². The van der Waals surface area contributed by atoms with Gasteiger partial charge in [0.05, 0.1) is 12.2 Å². The summed E-state index contributed by atoms with van der Waals surface area (Å²) in [5.74, 6) is -0.243. The summed E-state index contributed by atoms with van der Waals surface area (Å²) in [5.41, 5.74) is 2.75. The lowest BCUT2D eigenvalue weighted by Gasteiger charge is -2.09. The van der Waals surface area contributed by atoms with E-state index in [4.69, 9.17) is 4.74 Å². The highest BCUT2D eigenvalue weighted by Crippen LogP contribution is 2.27. The van der Waals surface area contributed by atoms with Crippen molar-refractivity contribution in [3.8, 4) is 5.75 Å². The molecule has 0 aliphatic carbocycles. The number of amides is 1. The van der Waals surface area contributed by atoms with Crippen LogP contribution in [0.5, 0.6) is 5.75 Å². The lowest BCUT2D eigenvalue weighted by molar-refractivity contribution is -0.118. The monoisotopic (exact) mass is 358 g/mol. The zero-order valence-corrected chi connectivity index (χ0v) is 15.0. The number of carbonyl (C=O) groups excluding carboxylic acids is 1. The van der Waals surface area contributed by atoms with E-state index in [2.05, 4.69) is 15.4 Å². The smallest absolute Gasteiger partial charge is 0.216 e. The molecule has 0 unspecified atom stereocenters. The summed E-state index contributed by atoms with van der Waals surface area (Å²) < 4.78 is 21.7. The normalized spacial score (nSPS) is 11.0. The summed E-state index contributed by atoms with van der Waals surface area (Å²) >= 11 is 0. The molecule has 0 fully saturated rings. The van der Waals surface area contributed by atoms with Gasteiger partial charge in [0.15, 0.2) is 11.6 Å². The van der Waals surface area contributed by atoms with Crippen LogP contribution in [0.2, 0.25) is 0 Å². The number of aromatic nitrogens is 3. The fourth-order valence-corrected chi connectivity index (χ4v) is 2.84. The Labute approximate surface area is 151 Å². The molecule has 2 N–H and O–H groups in total. The van der Waals surface area contributed by atoms with Crippen LogP contribution < -0.4 is 10.1 Å². The molecule has 0 saturated heterocycles. The summed E-state index contributed by atoms with van der Waals surface area (Å²) in [6, 6.07) is 5.12. The van der Waals surface area contributed by atoms with E-state index in [1.807, 2.05) is 25.4 Å². The van der Waals surface area contributed by atoms with Crippen molar-refractivity contribution in [2.45, 2.75) is 33.2 Å². The average Bonchev–Trinajstić information content (AvgIpc) is 3.22. The summed E-state index contributed by atoms with van der Waals surface area (Å²) in [7, 11) is 0. The third-order valence-electron chi connectivity index (χ3n) is 4.22. The number of H-pyrrole nitrogens is 1. The van der Waals surface area contributed by atoms with Crippen molar-refractivity contribution in [1.82, 2.24) is 20.1 Å². The van der Waals surface area contributed by atoms with Crippen molar-refractivity contribution >= 4 is 16.8 Å². The Morgan fingerprint density at radius 3 is 3.00 bits per heavy atom. The quantitative estimate of drug-likeness (QED) is 0.650. The largest absolute Gasteiger partial charge is 0.489 e. The van der Waals surface area contributed by atoms with Crippen LogP contribution in [0.4, 0.5) is 4.39 Å². The summed E-state index contributed by atoms with van der Waals surface area (Å²) in [4.78, 5) is 14.1. The van der Waals surface area contributed by atoms with Crippen LogP contribution in [0.15, 0.2) is 30.6 Å².